The molecule has 18 heavy (non-hydrogen) atoms. The Balaban J connectivity index is 2.03. The van der Waals surface area contributed by atoms with Gasteiger partial charge in [0.1, 0.15) is 0 Å². The minimum absolute atomic E-state index is 0.00658. The van der Waals surface area contributed by atoms with Gasteiger partial charge in [-0.3, -0.25) is 9.78 Å². The predicted molar refractivity (Wildman–Crippen MR) is 74.9 cm³/mol. The van der Waals surface area contributed by atoms with Crippen molar-refractivity contribution < 1.29 is 4.79 Å². The summed E-state index contributed by atoms with van der Waals surface area (Å²) in [6.07, 6.45) is 3.11. The van der Waals surface area contributed by atoms with E-state index in [1.54, 1.807) is 12.3 Å². The lowest BCUT2D eigenvalue weighted by Crippen LogP contribution is -2.06. The van der Waals surface area contributed by atoms with Crippen LogP contribution in [0.3, 0.4) is 0 Å². The molecule has 0 unspecified atom stereocenters. The lowest BCUT2D eigenvalue weighted by atomic mass is 10.2. The van der Waals surface area contributed by atoms with E-state index in [0.29, 0.717) is 17.0 Å². The molecule has 2 aromatic rings. The SMILES string of the molecule is Cc1cccc(SCC(=O)c2cnccc2N)c1. The number of aryl methyl sites for hydroxylation is 1. The number of hydrogen-bond donors (Lipinski definition) is 1. The third kappa shape index (κ3) is 3.11. The van der Waals surface area contributed by atoms with Crippen molar-refractivity contribution in [2.45, 2.75) is 11.8 Å². The van der Waals surface area contributed by atoms with Gasteiger partial charge in [-0.25, -0.2) is 0 Å². The molecule has 0 saturated heterocycles. The van der Waals surface area contributed by atoms with Gasteiger partial charge in [0, 0.05) is 23.0 Å². The molecule has 1 heterocycles. The van der Waals surface area contributed by atoms with Crippen molar-refractivity contribution >= 4 is 23.2 Å². The number of nitrogen functional groups attached to an aromatic ring is 1. The second kappa shape index (κ2) is 5.69. The molecule has 0 aliphatic carbocycles. The number of carbonyl (C=O) groups is 1. The zero-order valence-electron chi connectivity index (χ0n) is 10.1. The molecule has 3 nitrogen and oxygen atoms in total. The Morgan fingerprint density at radius 3 is 2.94 bits per heavy atom. The molecular formula is C14H14N2OS. The fourth-order valence-corrected chi connectivity index (χ4v) is 2.47. The second-order valence-electron chi connectivity index (χ2n) is 3.99. The zero-order chi connectivity index (χ0) is 13.0. The zero-order valence-corrected chi connectivity index (χ0v) is 10.9. The smallest absolute Gasteiger partial charge is 0.176 e. The molecule has 0 bridgehead atoms. The van der Waals surface area contributed by atoms with Crippen molar-refractivity contribution in [3.05, 3.63) is 53.9 Å². The maximum atomic E-state index is 12.0. The van der Waals surface area contributed by atoms with Gasteiger partial charge in [-0.15, -0.1) is 11.8 Å². The number of carbonyl (C=O) groups excluding carboxylic acids is 1. The highest BCUT2D eigenvalue weighted by Crippen LogP contribution is 2.21. The van der Waals surface area contributed by atoms with Crippen LogP contribution in [0.25, 0.3) is 0 Å². The number of Topliss-reactive ketones (excluding diaryl/α,β-unsaturated/α-hetero) is 1. The monoisotopic (exact) mass is 258 g/mol. The normalized spacial score (nSPS) is 10.3. The first-order chi connectivity index (χ1) is 8.66. The van der Waals surface area contributed by atoms with E-state index in [2.05, 4.69) is 11.1 Å². The van der Waals surface area contributed by atoms with E-state index in [0.717, 1.165) is 4.90 Å². The standard InChI is InChI=1S/C14H14N2OS/c1-10-3-2-4-11(7-10)18-9-14(17)12-8-16-6-5-13(12)15/h2-8H,9H2,1H3,(H2,15,16). The Morgan fingerprint density at radius 1 is 1.39 bits per heavy atom. The van der Waals surface area contributed by atoms with E-state index < -0.39 is 0 Å². The molecule has 0 saturated carbocycles. The molecule has 0 amide bonds. The average molecular weight is 258 g/mol. The first kappa shape index (κ1) is 12.6. The maximum absolute atomic E-state index is 12.0. The number of nitrogens with two attached hydrogens (primary N) is 1. The molecule has 2 rings (SSSR count). The summed E-state index contributed by atoms with van der Waals surface area (Å²) >= 11 is 1.51. The van der Waals surface area contributed by atoms with Crippen LogP contribution in [0.15, 0.2) is 47.6 Å². The highest BCUT2D eigenvalue weighted by atomic mass is 32.2. The van der Waals surface area contributed by atoms with E-state index in [9.17, 15) is 4.79 Å². The van der Waals surface area contributed by atoms with Gasteiger partial charge in [-0.2, -0.15) is 0 Å². The molecule has 0 radical (unpaired) electrons. The Hall–Kier alpha value is -1.81. The van der Waals surface area contributed by atoms with Crippen LogP contribution in [0.5, 0.6) is 0 Å². The number of thioether (sulfide) groups is 1. The summed E-state index contributed by atoms with van der Waals surface area (Å²) in [4.78, 5) is 17.0. The lowest BCUT2D eigenvalue weighted by Gasteiger charge is -2.04. The van der Waals surface area contributed by atoms with Crippen LogP contribution in [0.4, 0.5) is 5.69 Å². The molecule has 2 N–H and O–H groups in total. The maximum Gasteiger partial charge on any atom is 0.176 e. The molecule has 0 aliphatic heterocycles. The van der Waals surface area contributed by atoms with Gasteiger partial charge in [0.05, 0.1) is 11.3 Å². The Kier molecular flexibility index (Phi) is 3.99. The van der Waals surface area contributed by atoms with Crippen molar-refractivity contribution in [1.29, 1.82) is 0 Å². The summed E-state index contributed by atoms with van der Waals surface area (Å²) in [5, 5.41) is 0. The van der Waals surface area contributed by atoms with E-state index in [1.165, 1.54) is 23.5 Å². The molecule has 0 spiro atoms. The molecule has 1 aromatic heterocycles. The van der Waals surface area contributed by atoms with Gasteiger partial charge in [0.2, 0.25) is 0 Å². The van der Waals surface area contributed by atoms with Crippen LogP contribution in [0, 0.1) is 6.92 Å². The summed E-state index contributed by atoms with van der Waals surface area (Å²) in [5.74, 6) is 0.381. The van der Waals surface area contributed by atoms with E-state index in [4.69, 9.17) is 5.73 Å². The largest absolute Gasteiger partial charge is 0.398 e. The number of ketones is 1. The Bertz CT molecular complexity index is 569. The fraction of sp³-hybridized carbons (Fsp3) is 0.143. The predicted octanol–water partition coefficient (Wildman–Crippen LogP) is 2.95. The van der Waals surface area contributed by atoms with Crippen LogP contribution < -0.4 is 5.73 Å². The summed E-state index contributed by atoms with van der Waals surface area (Å²) in [7, 11) is 0. The minimum atomic E-state index is 0.00658. The highest BCUT2D eigenvalue weighted by Gasteiger charge is 2.10. The van der Waals surface area contributed by atoms with Crippen molar-refractivity contribution in [1.82, 2.24) is 4.98 Å². The third-order valence-corrected chi connectivity index (χ3v) is 3.51. The van der Waals surface area contributed by atoms with Gasteiger partial charge in [0.15, 0.2) is 5.78 Å². The Morgan fingerprint density at radius 2 is 2.22 bits per heavy atom. The van der Waals surface area contributed by atoms with Crippen LogP contribution in [0.2, 0.25) is 0 Å². The van der Waals surface area contributed by atoms with Crippen LogP contribution in [0.1, 0.15) is 15.9 Å². The number of nitrogens with zero attached hydrogens (tertiary/aromatic N) is 1. The van der Waals surface area contributed by atoms with Gasteiger partial charge < -0.3 is 5.73 Å². The number of aromatic nitrogens is 1. The van der Waals surface area contributed by atoms with Crippen LogP contribution in [-0.2, 0) is 0 Å². The van der Waals surface area contributed by atoms with E-state index in [1.807, 2.05) is 25.1 Å². The number of benzene rings is 1. The van der Waals surface area contributed by atoms with Gasteiger partial charge in [0.25, 0.3) is 0 Å². The number of rotatable bonds is 4. The quantitative estimate of drug-likeness (QED) is 0.676. The first-order valence-corrected chi connectivity index (χ1v) is 6.57. The number of pyridine rings is 1. The molecule has 0 fully saturated rings. The molecular weight excluding hydrogens is 244 g/mol. The molecule has 4 heteroatoms. The number of hydrogen-bond acceptors (Lipinski definition) is 4. The highest BCUT2D eigenvalue weighted by molar-refractivity contribution is 8.00. The second-order valence-corrected chi connectivity index (χ2v) is 5.04. The van der Waals surface area contributed by atoms with Crippen molar-refractivity contribution in [2.24, 2.45) is 0 Å². The van der Waals surface area contributed by atoms with Gasteiger partial charge >= 0.3 is 0 Å². The topological polar surface area (TPSA) is 56.0 Å². The molecule has 0 atom stereocenters. The van der Waals surface area contributed by atoms with Crippen molar-refractivity contribution in [2.75, 3.05) is 11.5 Å². The molecule has 1 aromatic carbocycles. The van der Waals surface area contributed by atoms with E-state index >= 15 is 0 Å². The summed E-state index contributed by atoms with van der Waals surface area (Å²) in [5.41, 5.74) is 7.92. The lowest BCUT2D eigenvalue weighted by molar-refractivity contribution is 0.102. The fourth-order valence-electron chi connectivity index (χ4n) is 1.57. The minimum Gasteiger partial charge on any atom is -0.398 e. The van der Waals surface area contributed by atoms with Crippen LogP contribution in [-0.4, -0.2) is 16.5 Å². The van der Waals surface area contributed by atoms with Gasteiger partial charge in [-0.1, -0.05) is 17.7 Å². The molecule has 0 aliphatic rings. The summed E-state index contributed by atoms with van der Waals surface area (Å²) in [6.45, 7) is 2.03. The summed E-state index contributed by atoms with van der Waals surface area (Å²) in [6, 6.07) is 9.72. The average Bonchev–Trinajstić information content (AvgIpc) is 2.37. The van der Waals surface area contributed by atoms with Gasteiger partial charge in [-0.05, 0) is 25.1 Å². The van der Waals surface area contributed by atoms with E-state index in [-0.39, 0.29) is 5.78 Å². The Labute approximate surface area is 110 Å². The van der Waals surface area contributed by atoms with Crippen molar-refractivity contribution in [3.8, 4) is 0 Å². The first-order valence-electron chi connectivity index (χ1n) is 5.59. The van der Waals surface area contributed by atoms with Crippen molar-refractivity contribution in [3.63, 3.8) is 0 Å². The van der Waals surface area contributed by atoms with Crippen LogP contribution >= 0.6 is 11.8 Å². The molecule has 92 valence electrons. The third-order valence-electron chi connectivity index (χ3n) is 2.51. The summed E-state index contributed by atoms with van der Waals surface area (Å²) < 4.78 is 0. The number of anilines is 1.